The van der Waals surface area contributed by atoms with Crippen LogP contribution >= 0.6 is 0 Å². The lowest BCUT2D eigenvalue weighted by Gasteiger charge is -2.18. The van der Waals surface area contributed by atoms with E-state index in [4.69, 9.17) is 8.94 Å². The van der Waals surface area contributed by atoms with E-state index in [2.05, 4.69) is 35.8 Å². The van der Waals surface area contributed by atoms with Crippen molar-refractivity contribution in [1.82, 2.24) is 19.6 Å². The number of para-hydroxylation sites is 2. The molecule has 0 aliphatic carbocycles. The molecular formula is C18H24N4O3. The minimum Gasteiger partial charge on any atom is -0.408 e. The highest BCUT2D eigenvalue weighted by atomic mass is 16.5. The van der Waals surface area contributed by atoms with Gasteiger partial charge in [0.15, 0.2) is 11.4 Å². The van der Waals surface area contributed by atoms with Gasteiger partial charge in [-0.25, -0.2) is 4.79 Å². The monoisotopic (exact) mass is 344 g/mol. The average Bonchev–Trinajstić information content (AvgIpc) is 3.14. The van der Waals surface area contributed by atoms with Crippen LogP contribution in [-0.2, 0) is 19.5 Å². The molecule has 0 bridgehead atoms. The fourth-order valence-electron chi connectivity index (χ4n) is 2.80. The summed E-state index contributed by atoms with van der Waals surface area (Å²) in [6.07, 6.45) is 0.787. The van der Waals surface area contributed by atoms with Crippen molar-refractivity contribution in [3.05, 3.63) is 46.5 Å². The molecule has 3 aromatic rings. The maximum atomic E-state index is 12.0. The van der Waals surface area contributed by atoms with Crippen LogP contribution in [0, 0.1) is 5.92 Å². The predicted octanol–water partition coefficient (Wildman–Crippen LogP) is 2.70. The summed E-state index contributed by atoms with van der Waals surface area (Å²) in [5, 5.41) is 4.05. The van der Waals surface area contributed by atoms with Crippen LogP contribution in [0.1, 0.15) is 32.5 Å². The molecule has 0 saturated heterocycles. The first-order valence-corrected chi connectivity index (χ1v) is 8.69. The summed E-state index contributed by atoms with van der Waals surface area (Å²) in [6, 6.07) is 7.47. The van der Waals surface area contributed by atoms with Gasteiger partial charge in [-0.15, -0.1) is 0 Å². The number of oxazole rings is 1. The lowest BCUT2D eigenvalue weighted by atomic mass is 10.1. The third-order valence-corrected chi connectivity index (χ3v) is 4.12. The summed E-state index contributed by atoms with van der Waals surface area (Å²) in [5.41, 5.74) is 1.44. The Labute approximate surface area is 146 Å². The minimum atomic E-state index is -0.323. The highest BCUT2D eigenvalue weighted by Gasteiger charge is 2.14. The first-order chi connectivity index (χ1) is 12.1. The number of nitrogens with zero attached hydrogens (tertiary/aromatic N) is 4. The van der Waals surface area contributed by atoms with E-state index >= 15 is 0 Å². The number of likely N-dealkylation sites (N-methyl/N-ethyl adjacent to an activating group) is 1. The maximum absolute atomic E-state index is 12.0. The van der Waals surface area contributed by atoms with E-state index in [1.807, 2.05) is 18.2 Å². The van der Waals surface area contributed by atoms with Crippen LogP contribution in [0.2, 0.25) is 0 Å². The summed E-state index contributed by atoms with van der Waals surface area (Å²) >= 11 is 0. The van der Waals surface area contributed by atoms with E-state index in [0.29, 0.717) is 42.9 Å². The van der Waals surface area contributed by atoms with Crippen LogP contribution in [0.3, 0.4) is 0 Å². The smallest absolute Gasteiger partial charge is 0.408 e. The Hall–Kier alpha value is -2.41. The van der Waals surface area contributed by atoms with Gasteiger partial charge in [0.1, 0.15) is 0 Å². The topological polar surface area (TPSA) is 77.3 Å². The lowest BCUT2D eigenvalue weighted by molar-refractivity contribution is 0.254. The molecule has 25 heavy (non-hydrogen) atoms. The second-order valence-electron chi connectivity index (χ2n) is 6.56. The second kappa shape index (κ2) is 7.65. The fraction of sp³-hybridized carbons (Fsp3) is 0.500. The molecular weight excluding hydrogens is 320 g/mol. The molecule has 0 fully saturated rings. The van der Waals surface area contributed by atoms with Gasteiger partial charge in [0.25, 0.3) is 0 Å². The van der Waals surface area contributed by atoms with E-state index in [1.54, 1.807) is 10.6 Å². The molecule has 0 aliphatic rings. The van der Waals surface area contributed by atoms with Crippen LogP contribution in [0.4, 0.5) is 0 Å². The minimum absolute atomic E-state index is 0.323. The molecule has 0 amide bonds. The first kappa shape index (κ1) is 17.4. The van der Waals surface area contributed by atoms with Crippen LogP contribution in [-0.4, -0.2) is 32.7 Å². The Kier molecular flexibility index (Phi) is 5.33. The van der Waals surface area contributed by atoms with E-state index in [1.165, 1.54) is 0 Å². The van der Waals surface area contributed by atoms with Crippen molar-refractivity contribution < 1.29 is 8.94 Å². The molecule has 0 saturated carbocycles. The summed E-state index contributed by atoms with van der Waals surface area (Å²) < 4.78 is 12.2. The van der Waals surface area contributed by atoms with Gasteiger partial charge in [0.2, 0.25) is 5.89 Å². The van der Waals surface area contributed by atoms with Crippen LogP contribution in [0.5, 0.6) is 0 Å². The summed E-state index contributed by atoms with van der Waals surface area (Å²) in [7, 11) is 0. The Morgan fingerprint density at radius 3 is 2.84 bits per heavy atom. The second-order valence-corrected chi connectivity index (χ2v) is 6.56. The fourth-order valence-corrected chi connectivity index (χ4v) is 2.80. The summed E-state index contributed by atoms with van der Waals surface area (Å²) in [4.78, 5) is 18.7. The number of fused-ring (bicyclic) bond motifs is 1. The normalized spacial score (nSPS) is 11.9. The van der Waals surface area contributed by atoms with Crippen molar-refractivity contribution in [3.63, 3.8) is 0 Å². The lowest BCUT2D eigenvalue weighted by Crippen LogP contribution is -2.29. The highest BCUT2D eigenvalue weighted by molar-refractivity contribution is 5.72. The molecule has 7 nitrogen and oxygen atoms in total. The number of benzene rings is 1. The third kappa shape index (κ3) is 4.17. The van der Waals surface area contributed by atoms with Crippen LogP contribution < -0.4 is 5.76 Å². The number of aromatic nitrogens is 3. The van der Waals surface area contributed by atoms with Gasteiger partial charge in [0.05, 0.1) is 12.1 Å². The molecule has 0 N–H and O–H groups in total. The first-order valence-electron chi connectivity index (χ1n) is 8.69. The van der Waals surface area contributed by atoms with Crippen molar-refractivity contribution in [2.75, 3.05) is 13.1 Å². The van der Waals surface area contributed by atoms with E-state index in [-0.39, 0.29) is 5.76 Å². The number of rotatable bonds is 8. The Bertz CT molecular complexity index is 878. The number of hydrogen-bond donors (Lipinski definition) is 0. The van der Waals surface area contributed by atoms with Crippen molar-refractivity contribution in [1.29, 1.82) is 0 Å². The van der Waals surface area contributed by atoms with Crippen LogP contribution in [0.15, 0.2) is 38.0 Å². The van der Waals surface area contributed by atoms with Crippen molar-refractivity contribution in [3.8, 4) is 0 Å². The molecule has 0 spiro atoms. The average molecular weight is 344 g/mol. The molecule has 2 heterocycles. The molecule has 0 atom stereocenters. The molecule has 0 aliphatic heterocycles. The predicted molar refractivity (Wildman–Crippen MR) is 94.3 cm³/mol. The molecule has 1 aromatic carbocycles. The largest absolute Gasteiger partial charge is 0.419 e. The Morgan fingerprint density at radius 2 is 2.08 bits per heavy atom. The van der Waals surface area contributed by atoms with Gasteiger partial charge in [-0.1, -0.05) is 38.1 Å². The molecule has 2 aromatic heterocycles. The third-order valence-electron chi connectivity index (χ3n) is 4.12. The molecule has 0 radical (unpaired) electrons. The molecule has 134 valence electrons. The van der Waals surface area contributed by atoms with E-state index in [0.717, 1.165) is 18.5 Å². The van der Waals surface area contributed by atoms with Gasteiger partial charge < -0.3 is 8.94 Å². The Morgan fingerprint density at radius 1 is 1.28 bits per heavy atom. The van der Waals surface area contributed by atoms with Gasteiger partial charge in [-0.2, -0.15) is 4.98 Å². The number of hydrogen-bond acceptors (Lipinski definition) is 6. The summed E-state index contributed by atoms with van der Waals surface area (Å²) in [5.74, 6) is 1.52. The van der Waals surface area contributed by atoms with Gasteiger partial charge in [-0.05, 0) is 24.6 Å². The van der Waals surface area contributed by atoms with Crippen molar-refractivity contribution in [2.45, 2.75) is 40.3 Å². The zero-order chi connectivity index (χ0) is 17.8. The quantitative estimate of drug-likeness (QED) is 0.625. The maximum Gasteiger partial charge on any atom is 0.419 e. The zero-order valence-corrected chi connectivity index (χ0v) is 14.9. The SMILES string of the molecule is CCN(CCn1c(=O)oc2ccccc21)Cc1noc(CC(C)C)n1. The molecule has 3 rings (SSSR count). The van der Waals surface area contributed by atoms with E-state index in [9.17, 15) is 4.79 Å². The summed E-state index contributed by atoms with van der Waals surface area (Å²) in [6.45, 7) is 9.01. The molecule has 7 heteroatoms. The van der Waals surface area contributed by atoms with E-state index < -0.39 is 0 Å². The van der Waals surface area contributed by atoms with Gasteiger partial charge in [-0.3, -0.25) is 9.47 Å². The molecule has 0 unspecified atom stereocenters. The van der Waals surface area contributed by atoms with Crippen molar-refractivity contribution >= 4 is 11.1 Å². The van der Waals surface area contributed by atoms with Gasteiger partial charge in [0, 0.05) is 19.5 Å². The highest BCUT2D eigenvalue weighted by Crippen LogP contribution is 2.12. The standard InChI is InChI=1S/C18H24N4O3/c1-4-21(12-16-19-17(25-20-16)11-13(2)3)9-10-22-14-7-5-6-8-15(14)24-18(22)23/h5-8,13H,4,9-12H2,1-3H3. The van der Waals surface area contributed by atoms with Crippen molar-refractivity contribution in [2.24, 2.45) is 5.92 Å². The Balaban J connectivity index is 1.65. The zero-order valence-electron chi connectivity index (χ0n) is 14.9. The van der Waals surface area contributed by atoms with Gasteiger partial charge >= 0.3 is 5.76 Å². The van der Waals surface area contributed by atoms with Crippen LogP contribution in [0.25, 0.3) is 11.1 Å².